The lowest BCUT2D eigenvalue weighted by Crippen LogP contribution is -2.46. The molecule has 0 aromatic rings. The largest absolute Gasteiger partial charge is 0.481 e. The van der Waals surface area contributed by atoms with Crippen molar-refractivity contribution in [1.82, 2.24) is 5.32 Å². The Labute approximate surface area is 114 Å². The summed E-state index contributed by atoms with van der Waals surface area (Å²) in [7, 11) is 0. The summed E-state index contributed by atoms with van der Waals surface area (Å²) in [6, 6.07) is -0.485. The van der Waals surface area contributed by atoms with Crippen LogP contribution in [0.4, 0.5) is 0 Å². The fraction of sp³-hybridized carbons (Fsp3) is 0.857. The van der Waals surface area contributed by atoms with Crippen molar-refractivity contribution in [3.63, 3.8) is 0 Å². The van der Waals surface area contributed by atoms with Gasteiger partial charge in [0.2, 0.25) is 5.91 Å². The first-order valence-electron chi connectivity index (χ1n) is 7.30. The maximum atomic E-state index is 11.8. The average Bonchev–Trinajstić information content (AvgIpc) is 2.38. The van der Waals surface area contributed by atoms with Crippen LogP contribution in [0.1, 0.15) is 58.3 Å². The fourth-order valence-electron chi connectivity index (χ4n) is 2.72. The molecule has 1 aliphatic carbocycles. The molecule has 0 radical (unpaired) electrons. The molecule has 4 N–H and O–H groups in total. The number of aliphatic carboxylic acids is 1. The first-order valence-corrected chi connectivity index (χ1v) is 7.30. The number of hydrogen-bond donors (Lipinski definition) is 3. The summed E-state index contributed by atoms with van der Waals surface area (Å²) in [4.78, 5) is 22.2. The Morgan fingerprint density at radius 3 is 2.47 bits per heavy atom. The van der Waals surface area contributed by atoms with Gasteiger partial charge >= 0.3 is 5.97 Å². The number of nitrogens with one attached hydrogen (secondary N) is 1. The molecule has 1 fully saturated rings. The molecule has 0 aromatic heterocycles. The summed E-state index contributed by atoms with van der Waals surface area (Å²) in [5.41, 5.74) is 5.68. The smallest absolute Gasteiger partial charge is 0.303 e. The van der Waals surface area contributed by atoms with Crippen molar-refractivity contribution in [2.75, 3.05) is 0 Å². The molecule has 0 aromatic carbocycles. The van der Waals surface area contributed by atoms with Crippen molar-refractivity contribution in [3.8, 4) is 0 Å². The number of amides is 1. The van der Waals surface area contributed by atoms with E-state index in [-0.39, 0.29) is 24.8 Å². The molecule has 5 heteroatoms. The van der Waals surface area contributed by atoms with E-state index in [9.17, 15) is 9.59 Å². The van der Waals surface area contributed by atoms with Crippen molar-refractivity contribution < 1.29 is 14.7 Å². The Morgan fingerprint density at radius 2 is 1.95 bits per heavy atom. The van der Waals surface area contributed by atoms with Crippen LogP contribution in [-0.2, 0) is 9.59 Å². The van der Waals surface area contributed by atoms with Gasteiger partial charge in [0.15, 0.2) is 0 Å². The van der Waals surface area contributed by atoms with Gasteiger partial charge in [-0.25, -0.2) is 0 Å². The monoisotopic (exact) mass is 270 g/mol. The average molecular weight is 270 g/mol. The van der Waals surface area contributed by atoms with Gasteiger partial charge in [-0.3, -0.25) is 9.59 Å². The summed E-state index contributed by atoms with van der Waals surface area (Å²) in [5.74, 6) is -0.317. The molecular formula is C14H26N2O3. The highest BCUT2D eigenvalue weighted by molar-refractivity contribution is 5.82. The lowest BCUT2D eigenvalue weighted by Gasteiger charge is -2.29. The number of hydrogen-bond acceptors (Lipinski definition) is 3. The number of carbonyl (C=O) groups excluding carboxylic acids is 1. The van der Waals surface area contributed by atoms with Crippen molar-refractivity contribution >= 4 is 11.9 Å². The van der Waals surface area contributed by atoms with Gasteiger partial charge in [0.25, 0.3) is 0 Å². The Bertz CT molecular complexity index is 299. The highest BCUT2D eigenvalue weighted by atomic mass is 16.4. The van der Waals surface area contributed by atoms with Crippen molar-refractivity contribution in [3.05, 3.63) is 0 Å². The van der Waals surface area contributed by atoms with Gasteiger partial charge < -0.3 is 16.2 Å². The minimum absolute atomic E-state index is 0.0577. The van der Waals surface area contributed by atoms with Crippen molar-refractivity contribution in [2.45, 2.75) is 70.4 Å². The van der Waals surface area contributed by atoms with Gasteiger partial charge in [-0.05, 0) is 38.0 Å². The molecule has 0 spiro atoms. The zero-order valence-electron chi connectivity index (χ0n) is 11.7. The van der Waals surface area contributed by atoms with Gasteiger partial charge in [0, 0.05) is 12.5 Å². The van der Waals surface area contributed by atoms with Crippen LogP contribution in [0.3, 0.4) is 0 Å². The maximum absolute atomic E-state index is 11.8. The number of carboxylic acids is 1. The Hall–Kier alpha value is -1.10. The number of carboxylic acid groups (broad SMARTS) is 1. The third kappa shape index (κ3) is 6.05. The van der Waals surface area contributed by atoms with E-state index in [1.165, 1.54) is 25.7 Å². The van der Waals surface area contributed by atoms with Gasteiger partial charge in [0.05, 0.1) is 6.04 Å². The molecule has 1 unspecified atom stereocenters. The van der Waals surface area contributed by atoms with Crippen LogP contribution in [0.25, 0.3) is 0 Å². The highest BCUT2D eigenvalue weighted by Crippen LogP contribution is 2.27. The zero-order valence-corrected chi connectivity index (χ0v) is 11.7. The normalized spacial score (nSPS) is 24.7. The Morgan fingerprint density at radius 1 is 1.32 bits per heavy atom. The Balaban J connectivity index is 2.24. The second-order valence-corrected chi connectivity index (χ2v) is 5.55. The van der Waals surface area contributed by atoms with E-state index in [1.807, 2.05) is 0 Å². The summed E-state index contributed by atoms with van der Waals surface area (Å²) >= 11 is 0. The summed E-state index contributed by atoms with van der Waals surface area (Å²) < 4.78 is 0. The SMILES string of the molecule is CCCC1CCC(NC(=O)C(N)CCC(=O)O)CC1. The van der Waals surface area contributed by atoms with E-state index in [0.29, 0.717) is 0 Å². The van der Waals surface area contributed by atoms with Gasteiger partial charge in [0.1, 0.15) is 0 Å². The summed E-state index contributed by atoms with van der Waals surface area (Å²) in [5, 5.41) is 11.5. The quantitative estimate of drug-likeness (QED) is 0.656. The van der Waals surface area contributed by atoms with E-state index in [4.69, 9.17) is 10.8 Å². The molecule has 0 aliphatic heterocycles. The predicted octanol–water partition coefficient (Wildman–Crippen LogP) is 1.65. The lowest BCUT2D eigenvalue weighted by molar-refractivity contribution is -0.137. The van der Waals surface area contributed by atoms with Crippen LogP contribution >= 0.6 is 0 Å². The van der Waals surface area contributed by atoms with E-state index in [1.54, 1.807) is 0 Å². The van der Waals surface area contributed by atoms with E-state index < -0.39 is 12.0 Å². The van der Waals surface area contributed by atoms with Gasteiger partial charge in [-0.1, -0.05) is 19.8 Å². The topological polar surface area (TPSA) is 92.4 Å². The zero-order chi connectivity index (χ0) is 14.3. The predicted molar refractivity (Wildman–Crippen MR) is 73.6 cm³/mol. The molecule has 1 rings (SSSR count). The van der Waals surface area contributed by atoms with Crippen LogP contribution in [0.2, 0.25) is 0 Å². The molecule has 0 bridgehead atoms. The lowest BCUT2D eigenvalue weighted by atomic mass is 9.83. The Kier molecular flexibility index (Phi) is 6.84. The molecular weight excluding hydrogens is 244 g/mol. The second kappa shape index (κ2) is 8.15. The van der Waals surface area contributed by atoms with Crippen LogP contribution < -0.4 is 11.1 Å². The van der Waals surface area contributed by atoms with Crippen molar-refractivity contribution in [2.24, 2.45) is 11.7 Å². The molecule has 0 saturated heterocycles. The molecule has 19 heavy (non-hydrogen) atoms. The van der Waals surface area contributed by atoms with Gasteiger partial charge in [-0.2, -0.15) is 0 Å². The molecule has 110 valence electrons. The second-order valence-electron chi connectivity index (χ2n) is 5.55. The van der Waals surface area contributed by atoms with E-state index >= 15 is 0 Å². The fourth-order valence-corrected chi connectivity index (χ4v) is 2.72. The minimum Gasteiger partial charge on any atom is -0.481 e. The van der Waals surface area contributed by atoms with Crippen LogP contribution in [0.5, 0.6) is 0 Å². The first kappa shape index (κ1) is 16.0. The van der Waals surface area contributed by atoms with Crippen LogP contribution in [-0.4, -0.2) is 29.1 Å². The summed E-state index contributed by atoms with van der Waals surface area (Å²) in [6.07, 6.45) is 7.02. The van der Waals surface area contributed by atoms with Crippen molar-refractivity contribution in [1.29, 1.82) is 0 Å². The van der Waals surface area contributed by atoms with Crippen LogP contribution in [0.15, 0.2) is 0 Å². The standard InChI is InChI=1S/C14H26N2O3/c1-2-3-10-4-6-11(7-5-10)16-14(19)12(15)8-9-13(17)18/h10-12H,2-9,15H2,1H3,(H,16,19)(H,17,18). The molecule has 0 heterocycles. The van der Waals surface area contributed by atoms with Crippen LogP contribution in [0, 0.1) is 5.92 Å². The minimum atomic E-state index is -0.914. The van der Waals surface area contributed by atoms with E-state index in [0.717, 1.165) is 18.8 Å². The van der Waals surface area contributed by atoms with Gasteiger partial charge in [-0.15, -0.1) is 0 Å². The highest BCUT2D eigenvalue weighted by Gasteiger charge is 2.23. The summed E-state index contributed by atoms with van der Waals surface area (Å²) in [6.45, 7) is 2.20. The molecule has 5 nitrogen and oxygen atoms in total. The number of rotatable bonds is 7. The third-order valence-electron chi connectivity index (χ3n) is 3.90. The molecule has 1 aliphatic rings. The molecule has 1 atom stereocenters. The number of nitrogens with two attached hydrogens (primary N) is 1. The molecule has 1 amide bonds. The third-order valence-corrected chi connectivity index (χ3v) is 3.90. The first-order chi connectivity index (χ1) is 9.02. The maximum Gasteiger partial charge on any atom is 0.303 e. The number of carbonyl (C=O) groups is 2. The molecule has 1 saturated carbocycles. The van der Waals surface area contributed by atoms with E-state index in [2.05, 4.69) is 12.2 Å².